The van der Waals surface area contributed by atoms with Crippen LogP contribution >= 0.6 is 0 Å². The van der Waals surface area contributed by atoms with Crippen LogP contribution in [0.4, 0.5) is 0 Å². The third kappa shape index (κ3) is 2.14. The monoisotopic (exact) mass is 271 g/mol. The molecule has 4 bridgehead atoms. The lowest BCUT2D eigenvalue weighted by Crippen LogP contribution is -2.58. The summed E-state index contributed by atoms with van der Waals surface area (Å²) < 4.78 is 0. The highest BCUT2D eigenvalue weighted by molar-refractivity contribution is 5.35. The molecule has 0 amide bonds. The summed E-state index contributed by atoms with van der Waals surface area (Å²) in [5.74, 6) is 3.35. The summed E-state index contributed by atoms with van der Waals surface area (Å²) >= 11 is 0. The number of phenols is 1. The summed E-state index contributed by atoms with van der Waals surface area (Å²) in [7, 11) is 0. The molecule has 0 aromatic heterocycles. The maximum Gasteiger partial charge on any atom is 0.120 e. The summed E-state index contributed by atoms with van der Waals surface area (Å²) in [6.07, 6.45) is 8.55. The van der Waals surface area contributed by atoms with Gasteiger partial charge in [-0.15, -0.1) is 0 Å². The van der Waals surface area contributed by atoms with Gasteiger partial charge in [0.15, 0.2) is 0 Å². The molecule has 0 spiro atoms. The highest BCUT2D eigenvalue weighted by Gasteiger charge is 2.50. The molecule has 2 heteroatoms. The molecule has 108 valence electrons. The molecule has 1 aromatic rings. The normalized spacial score (nSPS) is 38.4. The second-order valence-electron chi connectivity index (χ2n) is 7.68. The lowest BCUT2D eigenvalue weighted by molar-refractivity contribution is -0.0206. The first-order chi connectivity index (χ1) is 9.62. The number of aryl methyl sites for hydroxylation is 1. The minimum Gasteiger partial charge on any atom is -0.508 e. The number of aromatic hydroxyl groups is 1. The molecule has 0 unspecified atom stereocenters. The van der Waals surface area contributed by atoms with Crippen LogP contribution in [-0.2, 0) is 6.54 Å². The van der Waals surface area contributed by atoms with Gasteiger partial charge in [-0.1, -0.05) is 17.7 Å². The predicted octanol–water partition coefficient (Wildman–Crippen LogP) is 3.76. The molecular formula is C18H25NO. The fourth-order valence-corrected chi connectivity index (χ4v) is 5.47. The van der Waals surface area contributed by atoms with Crippen LogP contribution < -0.4 is 5.32 Å². The van der Waals surface area contributed by atoms with E-state index in [1.807, 2.05) is 12.1 Å². The third-order valence-electron chi connectivity index (χ3n) is 5.93. The van der Waals surface area contributed by atoms with E-state index in [4.69, 9.17) is 0 Å². The molecule has 0 atom stereocenters. The van der Waals surface area contributed by atoms with Gasteiger partial charge in [0.25, 0.3) is 0 Å². The number of benzene rings is 1. The Morgan fingerprint density at radius 3 is 2.30 bits per heavy atom. The molecule has 1 aromatic carbocycles. The number of phenolic OH excluding ortho intramolecular Hbond substituents is 1. The van der Waals surface area contributed by atoms with Crippen molar-refractivity contribution in [1.29, 1.82) is 0 Å². The van der Waals surface area contributed by atoms with E-state index >= 15 is 0 Å². The maximum atomic E-state index is 10.0. The number of rotatable bonds is 3. The summed E-state index contributed by atoms with van der Waals surface area (Å²) in [5.41, 5.74) is 2.66. The van der Waals surface area contributed by atoms with Gasteiger partial charge in [-0.3, -0.25) is 0 Å². The summed E-state index contributed by atoms with van der Waals surface area (Å²) in [5, 5.41) is 13.9. The SMILES string of the molecule is Cc1ccc(O)c(CNC23CC4CC(CC(C4)C2)C3)c1. The molecule has 4 aliphatic carbocycles. The smallest absolute Gasteiger partial charge is 0.120 e. The van der Waals surface area contributed by atoms with Crippen molar-refractivity contribution in [2.75, 3.05) is 0 Å². The fourth-order valence-electron chi connectivity index (χ4n) is 5.47. The Bertz CT molecular complexity index is 487. The zero-order valence-corrected chi connectivity index (χ0v) is 12.4. The van der Waals surface area contributed by atoms with Crippen LogP contribution in [0.5, 0.6) is 5.75 Å². The van der Waals surface area contributed by atoms with Gasteiger partial charge in [-0.2, -0.15) is 0 Å². The van der Waals surface area contributed by atoms with Crippen LogP contribution in [-0.4, -0.2) is 10.6 Å². The third-order valence-corrected chi connectivity index (χ3v) is 5.93. The van der Waals surface area contributed by atoms with Crippen molar-refractivity contribution in [2.45, 2.75) is 57.5 Å². The zero-order chi connectivity index (χ0) is 13.7. The first-order valence-electron chi connectivity index (χ1n) is 8.15. The molecule has 0 saturated heterocycles. The van der Waals surface area contributed by atoms with Crippen molar-refractivity contribution in [3.63, 3.8) is 0 Å². The zero-order valence-electron chi connectivity index (χ0n) is 12.4. The van der Waals surface area contributed by atoms with Gasteiger partial charge in [0, 0.05) is 17.6 Å². The molecule has 2 N–H and O–H groups in total. The van der Waals surface area contributed by atoms with E-state index in [1.54, 1.807) is 0 Å². The van der Waals surface area contributed by atoms with Gasteiger partial charge in [-0.05, 0) is 69.3 Å². The Kier molecular flexibility index (Phi) is 2.85. The van der Waals surface area contributed by atoms with E-state index in [0.29, 0.717) is 11.3 Å². The standard InChI is InChI=1S/C18H25NO/c1-12-2-3-17(20)16(4-12)11-19-18-8-13-5-14(9-18)7-15(6-13)10-18/h2-4,13-15,19-20H,5-11H2,1H3. The molecule has 4 saturated carbocycles. The van der Waals surface area contributed by atoms with E-state index in [2.05, 4.69) is 18.3 Å². The Hall–Kier alpha value is -1.02. The maximum absolute atomic E-state index is 10.0. The molecule has 2 nitrogen and oxygen atoms in total. The van der Waals surface area contributed by atoms with E-state index in [-0.39, 0.29) is 0 Å². The second kappa shape index (κ2) is 4.49. The molecule has 5 rings (SSSR count). The average Bonchev–Trinajstić information content (AvgIpc) is 2.38. The first-order valence-corrected chi connectivity index (χ1v) is 8.15. The summed E-state index contributed by atoms with van der Waals surface area (Å²) in [6.45, 7) is 2.91. The van der Waals surface area contributed by atoms with Crippen molar-refractivity contribution in [3.05, 3.63) is 29.3 Å². The van der Waals surface area contributed by atoms with E-state index < -0.39 is 0 Å². The topological polar surface area (TPSA) is 32.3 Å². The quantitative estimate of drug-likeness (QED) is 0.877. The Morgan fingerprint density at radius 2 is 1.70 bits per heavy atom. The van der Waals surface area contributed by atoms with E-state index in [0.717, 1.165) is 29.9 Å². The van der Waals surface area contributed by atoms with Gasteiger partial charge in [-0.25, -0.2) is 0 Å². The molecule has 0 radical (unpaired) electrons. The van der Waals surface area contributed by atoms with Gasteiger partial charge >= 0.3 is 0 Å². The lowest BCUT2D eigenvalue weighted by atomic mass is 9.53. The Balaban J connectivity index is 1.50. The molecule has 4 aliphatic rings. The molecule has 4 fully saturated rings. The minimum absolute atomic E-state index is 0.380. The molecule has 0 heterocycles. The highest BCUT2D eigenvalue weighted by atomic mass is 16.3. The largest absolute Gasteiger partial charge is 0.508 e. The summed E-state index contributed by atoms with van der Waals surface area (Å²) in [6, 6.07) is 5.92. The Morgan fingerprint density at radius 1 is 1.10 bits per heavy atom. The van der Waals surface area contributed by atoms with Crippen LogP contribution in [0.1, 0.15) is 49.7 Å². The van der Waals surface area contributed by atoms with Gasteiger partial charge in [0.2, 0.25) is 0 Å². The molecule has 0 aliphatic heterocycles. The van der Waals surface area contributed by atoms with Crippen LogP contribution in [0.2, 0.25) is 0 Å². The predicted molar refractivity (Wildman–Crippen MR) is 80.6 cm³/mol. The first kappa shape index (κ1) is 12.7. The molecule has 20 heavy (non-hydrogen) atoms. The van der Waals surface area contributed by atoms with Crippen LogP contribution in [0.15, 0.2) is 18.2 Å². The van der Waals surface area contributed by atoms with Gasteiger partial charge in [0.1, 0.15) is 5.75 Å². The highest BCUT2D eigenvalue weighted by Crippen LogP contribution is 2.55. The number of hydrogen-bond acceptors (Lipinski definition) is 2. The van der Waals surface area contributed by atoms with E-state index in [1.165, 1.54) is 44.1 Å². The second-order valence-corrected chi connectivity index (χ2v) is 7.68. The van der Waals surface area contributed by atoms with Crippen LogP contribution in [0, 0.1) is 24.7 Å². The van der Waals surface area contributed by atoms with E-state index in [9.17, 15) is 5.11 Å². The van der Waals surface area contributed by atoms with Crippen molar-refractivity contribution in [3.8, 4) is 5.75 Å². The lowest BCUT2D eigenvalue weighted by Gasteiger charge is -2.57. The Labute approximate surface area is 121 Å². The van der Waals surface area contributed by atoms with Gasteiger partial charge < -0.3 is 10.4 Å². The number of hydrogen-bond donors (Lipinski definition) is 2. The van der Waals surface area contributed by atoms with Crippen LogP contribution in [0.25, 0.3) is 0 Å². The van der Waals surface area contributed by atoms with Crippen molar-refractivity contribution >= 4 is 0 Å². The van der Waals surface area contributed by atoms with Crippen molar-refractivity contribution < 1.29 is 5.11 Å². The van der Waals surface area contributed by atoms with Crippen LogP contribution in [0.3, 0.4) is 0 Å². The fraction of sp³-hybridized carbons (Fsp3) is 0.667. The number of nitrogens with one attached hydrogen (secondary N) is 1. The average molecular weight is 271 g/mol. The summed E-state index contributed by atoms with van der Waals surface area (Å²) in [4.78, 5) is 0. The van der Waals surface area contributed by atoms with Crippen molar-refractivity contribution in [2.24, 2.45) is 17.8 Å². The molecular weight excluding hydrogens is 246 g/mol. The minimum atomic E-state index is 0.380. The van der Waals surface area contributed by atoms with Crippen molar-refractivity contribution in [1.82, 2.24) is 5.32 Å². The van der Waals surface area contributed by atoms with Gasteiger partial charge in [0.05, 0.1) is 0 Å².